The SMILES string of the molecule is C=Nc1cc(C(=O)Cl)sc1C(=C)Cl. The van der Waals surface area contributed by atoms with Crippen molar-refractivity contribution in [1.29, 1.82) is 0 Å². The Labute approximate surface area is 89.5 Å². The summed E-state index contributed by atoms with van der Waals surface area (Å²) in [5.74, 6) is 0. The molecule has 0 N–H and O–H groups in total. The predicted molar refractivity (Wildman–Crippen MR) is 58.6 cm³/mol. The van der Waals surface area contributed by atoms with E-state index in [1.54, 1.807) is 0 Å². The molecule has 1 heterocycles. The Kier molecular flexibility index (Phi) is 3.25. The quantitative estimate of drug-likeness (QED) is 0.579. The standard InChI is InChI=1S/C8H5Cl2NOS/c1-4(9)7-5(11-2)3-6(13-7)8(10)12/h3H,1-2H2. The third kappa shape index (κ3) is 2.18. The molecule has 0 aliphatic carbocycles. The smallest absolute Gasteiger partial charge is 0.262 e. The van der Waals surface area contributed by atoms with E-state index >= 15 is 0 Å². The molecule has 0 saturated heterocycles. The minimum absolute atomic E-state index is 0.330. The third-order valence-electron chi connectivity index (χ3n) is 1.32. The number of carbonyl (C=O) groups excluding carboxylic acids is 1. The summed E-state index contributed by atoms with van der Waals surface area (Å²) in [5.41, 5.74) is 0.536. The van der Waals surface area contributed by atoms with Crippen LogP contribution in [0.2, 0.25) is 0 Å². The van der Waals surface area contributed by atoms with Crippen molar-refractivity contribution in [3.05, 3.63) is 22.4 Å². The number of hydrogen-bond donors (Lipinski definition) is 0. The van der Waals surface area contributed by atoms with Gasteiger partial charge >= 0.3 is 0 Å². The molecule has 0 amide bonds. The van der Waals surface area contributed by atoms with Crippen LogP contribution in [-0.2, 0) is 0 Å². The fourth-order valence-electron chi connectivity index (χ4n) is 0.790. The van der Waals surface area contributed by atoms with Gasteiger partial charge in [0, 0.05) is 0 Å². The van der Waals surface area contributed by atoms with Crippen LogP contribution in [0.1, 0.15) is 14.5 Å². The topological polar surface area (TPSA) is 29.4 Å². The van der Waals surface area contributed by atoms with Crippen LogP contribution in [-0.4, -0.2) is 12.0 Å². The molecule has 0 aliphatic rings. The van der Waals surface area contributed by atoms with E-state index in [1.165, 1.54) is 6.07 Å². The lowest BCUT2D eigenvalue weighted by Crippen LogP contribution is -1.78. The fraction of sp³-hybridized carbons (Fsp3) is 0. The van der Waals surface area contributed by atoms with Crippen LogP contribution in [0.5, 0.6) is 0 Å². The summed E-state index contributed by atoms with van der Waals surface area (Å²) in [4.78, 5) is 15.5. The van der Waals surface area contributed by atoms with Gasteiger partial charge in [0.1, 0.15) is 0 Å². The average Bonchev–Trinajstić information content (AvgIpc) is 2.47. The minimum Gasteiger partial charge on any atom is -0.275 e. The number of rotatable bonds is 3. The van der Waals surface area contributed by atoms with E-state index in [0.29, 0.717) is 20.5 Å². The maximum Gasteiger partial charge on any atom is 0.262 e. The van der Waals surface area contributed by atoms with Crippen LogP contribution in [0.25, 0.3) is 5.03 Å². The van der Waals surface area contributed by atoms with Crippen molar-refractivity contribution in [1.82, 2.24) is 0 Å². The molecule has 0 atom stereocenters. The van der Waals surface area contributed by atoms with E-state index in [0.717, 1.165) is 11.3 Å². The Morgan fingerprint density at radius 3 is 2.46 bits per heavy atom. The van der Waals surface area contributed by atoms with Gasteiger partial charge in [0.25, 0.3) is 5.24 Å². The molecule has 1 aromatic heterocycles. The Bertz CT molecular complexity index is 383. The monoisotopic (exact) mass is 233 g/mol. The van der Waals surface area contributed by atoms with Gasteiger partial charge in [-0.25, -0.2) is 0 Å². The molecule has 0 aromatic carbocycles. The summed E-state index contributed by atoms with van der Waals surface area (Å²) in [7, 11) is 0. The van der Waals surface area contributed by atoms with Crippen molar-refractivity contribution in [3.63, 3.8) is 0 Å². The molecule has 0 spiro atoms. The number of nitrogens with zero attached hydrogens (tertiary/aromatic N) is 1. The average molecular weight is 234 g/mol. The Morgan fingerprint density at radius 2 is 2.15 bits per heavy atom. The summed E-state index contributed by atoms with van der Waals surface area (Å²) >= 11 is 12.1. The first-order chi connectivity index (χ1) is 6.06. The third-order valence-corrected chi connectivity index (χ3v) is 3.12. The maximum atomic E-state index is 10.8. The minimum atomic E-state index is -0.529. The van der Waals surface area contributed by atoms with E-state index < -0.39 is 5.24 Å². The molecule has 0 fully saturated rings. The van der Waals surface area contributed by atoms with E-state index in [4.69, 9.17) is 23.2 Å². The van der Waals surface area contributed by atoms with Gasteiger partial charge in [-0.05, 0) is 24.4 Å². The van der Waals surface area contributed by atoms with E-state index in [9.17, 15) is 4.79 Å². The zero-order valence-electron chi connectivity index (χ0n) is 6.51. The number of carbonyl (C=O) groups is 1. The van der Waals surface area contributed by atoms with Crippen LogP contribution in [0.3, 0.4) is 0 Å². The van der Waals surface area contributed by atoms with Gasteiger partial charge in [0.2, 0.25) is 0 Å². The summed E-state index contributed by atoms with van der Waals surface area (Å²) < 4.78 is 0. The second-order valence-corrected chi connectivity index (χ2v) is 4.01. The highest BCUT2D eigenvalue weighted by atomic mass is 35.5. The normalized spacial score (nSPS) is 9.69. The van der Waals surface area contributed by atoms with Gasteiger partial charge in [-0.1, -0.05) is 18.2 Å². The summed E-state index contributed by atoms with van der Waals surface area (Å²) in [6.07, 6.45) is 0. The molecule has 1 aromatic rings. The maximum absolute atomic E-state index is 10.8. The molecule has 2 nitrogen and oxygen atoms in total. The van der Waals surface area contributed by atoms with Gasteiger partial charge in [0.05, 0.1) is 20.5 Å². The fourth-order valence-corrected chi connectivity index (χ4v) is 1.98. The Balaban J connectivity index is 3.27. The van der Waals surface area contributed by atoms with Crippen molar-refractivity contribution in [3.8, 4) is 0 Å². The van der Waals surface area contributed by atoms with Crippen LogP contribution in [0, 0.1) is 0 Å². The largest absolute Gasteiger partial charge is 0.275 e. The number of aliphatic imine (C=N–C) groups is 1. The lowest BCUT2D eigenvalue weighted by Gasteiger charge is -1.91. The zero-order chi connectivity index (χ0) is 10.0. The van der Waals surface area contributed by atoms with Crippen molar-refractivity contribution < 1.29 is 4.79 Å². The van der Waals surface area contributed by atoms with Crippen LogP contribution >= 0.6 is 34.5 Å². The van der Waals surface area contributed by atoms with Gasteiger partial charge in [-0.2, -0.15) is 0 Å². The molecule has 0 bridgehead atoms. The van der Waals surface area contributed by atoms with Crippen molar-refractivity contribution in [2.75, 3.05) is 0 Å². The first-order valence-electron chi connectivity index (χ1n) is 3.21. The van der Waals surface area contributed by atoms with E-state index in [1.807, 2.05) is 0 Å². The molecule has 0 saturated carbocycles. The highest BCUT2D eigenvalue weighted by molar-refractivity contribution is 7.18. The van der Waals surface area contributed by atoms with E-state index in [2.05, 4.69) is 18.3 Å². The Hall–Kier alpha value is -0.640. The van der Waals surface area contributed by atoms with E-state index in [-0.39, 0.29) is 0 Å². The van der Waals surface area contributed by atoms with Crippen molar-refractivity contribution >= 4 is 57.2 Å². The zero-order valence-corrected chi connectivity index (χ0v) is 8.84. The van der Waals surface area contributed by atoms with Crippen molar-refractivity contribution in [2.45, 2.75) is 0 Å². The molecule has 5 heteroatoms. The molecular weight excluding hydrogens is 229 g/mol. The van der Waals surface area contributed by atoms with Gasteiger partial charge in [0.15, 0.2) is 0 Å². The number of hydrogen-bond acceptors (Lipinski definition) is 3. The molecule has 1 rings (SSSR count). The molecule has 0 aliphatic heterocycles. The second-order valence-electron chi connectivity index (χ2n) is 2.16. The predicted octanol–water partition coefficient (Wildman–Crippen LogP) is 3.67. The van der Waals surface area contributed by atoms with Gasteiger partial charge in [-0.3, -0.25) is 9.79 Å². The molecule has 0 unspecified atom stereocenters. The lowest BCUT2D eigenvalue weighted by atomic mass is 10.3. The molecular formula is C8H5Cl2NOS. The van der Waals surface area contributed by atoms with Crippen LogP contribution < -0.4 is 0 Å². The second kappa shape index (κ2) is 4.05. The van der Waals surface area contributed by atoms with Crippen LogP contribution in [0.4, 0.5) is 5.69 Å². The number of halogens is 2. The van der Waals surface area contributed by atoms with Crippen molar-refractivity contribution in [2.24, 2.45) is 4.99 Å². The molecule has 0 radical (unpaired) electrons. The Morgan fingerprint density at radius 1 is 1.54 bits per heavy atom. The van der Waals surface area contributed by atoms with Gasteiger partial charge < -0.3 is 0 Å². The summed E-state index contributed by atoms with van der Waals surface area (Å²) in [5, 5.41) is -0.198. The lowest BCUT2D eigenvalue weighted by molar-refractivity contribution is 0.108. The molecule has 68 valence electrons. The number of thiophene rings is 1. The summed E-state index contributed by atoms with van der Waals surface area (Å²) in [6, 6.07) is 1.54. The highest BCUT2D eigenvalue weighted by Crippen LogP contribution is 2.36. The molecule has 13 heavy (non-hydrogen) atoms. The highest BCUT2D eigenvalue weighted by Gasteiger charge is 2.13. The summed E-state index contributed by atoms with van der Waals surface area (Å²) in [6.45, 7) is 6.89. The first kappa shape index (κ1) is 10.4. The van der Waals surface area contributed by atoms with Crippen LogP contribution in [0.15, 0.2) is 17.6 Å². The van der Waals surface area contributed by atoms with Gasteiger partial charge in [-0.15, -0.1) is 11.3 Å². The first-order valence-corrected chi connectivity index (χ1v) is 4.78.